The van der Waals surface area contributed by atoms with E-state index >= 15 is 0 Å². The van der Waals surface area contributed by atoms with E-state index in [1.54, 1.807) is 11.0 Å². The summed E-state index contributed by atoms with van der Waals surface area (Å²) in [6.45, 7) is 6.33. The van der Waals surface area contributed by atoms with Gasteiger partial charge in [-0.15, -0.1) is 0 Å². The number of carbonyl (C=O) groups is 1. The Hall–Kier alpha value is -2.48. The average Bonchev–Trinajstić information content (AvgIpc) is 3.51. The van der Waals surface area contributed by atoms with Crippen LogP contribution in [-0.2, 0) is 13.0 Å². The van der Waals surface area contributed by atoms with Crippen LogP contribution in [-0.4, -0.2) is 50.0 Å². The molecule has 8 heteroatoms. The molecule has 2 fully saturated rings. The Balaban J connectivity index is 1.42. The first-order valence-electron chi connectivity index (χ1n) is 12.1. The Morgan fingerprint density at radius 3 is 2.69 bits per heavy atom. The van der Waals surface area contributed by atoms with Crippen LogP contribution in [0.2, 0.25) is 0 Å². The van der Waals surface area contributed by atoms with Crippen molar-refractivity contribution in [3.8, 4) is 0 Å². The number of aromatic nitrogens is 3. The van der Waals surface area contributed by atoms with E-state index < -0.39 is 0 Å². The quantitative estimate of drug-likeness (QED) is 0.783. The molecule has 1 saturated heterocycles. The number of nitrogens with one attached hydrogen (secondary N) is 1. The topological polar surface area (TPSA) is 95.3 Å². The molecular formula is C24H33N5O3. The molecule has 2 aromatic rings. The highest BCUT2D eigenvalue weighted by Crippen LogP contribution is 2.32. The van der Waals surface area contributed by atoms with Crippen LogP contribution in [0.3, 0.4) is 0 Å². The number of carbonyl (C=O) groups excluding carboxylic acids is 1. The van der Waals surface area contributed by atoms with Crippen molar-refractivity contribution in [2.75, 3.05) is 13.1 Å². The smallest absolute Gasteiger partial charge is 0.293 e. The summed E-state index contributed by atoms with van der Waals surface area (Å²) in [5, 5.41) is 4.05. The monoisotopic (exact) mass is 439 g/mol. The highest BCUT2D eigenvalue weighted by molar-refractivity contribution is 5.91. The summed E-state index contributed by atoms with van der Waals surface area (Å²) in [7, 11) is 0. The van der Waals surface area contributed by atoms with Crippen molar-refractivity contribution < 1.29 is 9.32 Å². The van der Waals surface area contributed by atoms with E-state index in [1.165, 1.54) is 25.7 Å². The van der Waals surface area contributed by atoms with Gasteiger partial charge in [0.15, 0.2) is 0 Å². The maximum atomic E-state index is 13.3. The Labute approximate surface area is 188 Å². The van der Waals surface area contributed by atoms with Crippen LogP contribution in [0, 0.1) is 0 Å². The summed E-state index contributed by atoms with van der Waals surface area (Å²) in [6.07, 6.45) is 8.53. The predicted molar refractivity (Wildman–Crippen MR) is 119 cm³/mol. The summed E-state index contributed by atoms with van der Waals surface area (Å²) < 4.78 is 5.37. The lowest BCUT2D eigenvalue weighted by Crippen LogP contribution is -2.43. The summed E-state index contributed by atoms with van der Waals surface area (Å²) in [5.41, 5.74) is 2.43. The van der Waals surface area contributed by atoms with Gasteiger partial charge in [-0.25, -0.2) is 4.98 Å². The first kappa shape index (κ1) is 21.4. The second kappa shape index (κ2) is 8.81. The molecule has 2 aliphatic heterocycles. The molecule has 2 aromatic heterocycles. The van der Waals surface area contributed by atoms with Crippen molar-refractivity contribution in [1.29, 1.82) is 0 Å². The van der Waals surface area contributed by atoms with Gasteiger partial charge in [-0.1, -0.05) is 31.8 Å². The predicted octanol–water partition coefficient (Wildman–Crippen LogP) is 3.55. The van der Waals surface area contributed by atoms with Crippen molar-refractivity contribution in [3.05, 3.63) is 45.0 Å². The van der Waals surface area contributed by atoms with E-state index in [9.17, 15) is 9.59 Å². The van der Waals surface area contributed by atoms with Crippen LogP contribution in [0.1, 0.15) is 104 Å². The molecule has 3 aliphatic rings. The van der Waals surface area contributed by atoms with E-state index in [0.717, 1.165) is 55.7 Å². The molecule has 0 radical (unpaired) electrons. The van der Waals surface area contributed by atoms with Crippen molar-refractivity contribution in [1.82, 2.24) is 24.9 Å². The lowest BCUT2D eigenvalue weighted by molar-refractivity contribution is 0.0556. The van der Waals surface area contributed by atoms with Gasteiger partial charge >= 0.3 is 0 Å². The molecule has 1 saturated carbocycles. The van der Waals surface area contributed by atoms with E-state index in [-0.39, 0.29) is 29.2 Å². The zero-order valence-corrected chi connectivity index (χ0v) is 19.1. The largest absolute Gasteiger partial charge is 0.351 e. The standard InChI is InChI=1S/C24H33N5O3/c1-15(2)18-13-21(32-27-18)24(31)29-11-6-5-9-20(29)22-25-19-14-28(16-7-3-4-8-16)12-10-17(19)23(30)26-22/h13,15-16,20H,3-12,14H2,1-2H3,(H,25,26,30). The molecular weight excluding hydrogens is 406 g/mol. The SMILES string of the molecule is CC(C)c1cc(C(=O)N2CCCCC2c2nc3c(c(=O)[nH]2)CCN(C2CCCC2)C3)on1. The van der Waals surface area contributed by atoms with Crippen LogP contribution >= 0.6 is 0 Å². The van der Waals surface area contributed by atoms with Crippen molar-refractivity contribution in [2.45, 2.75) is 89.8 Å². The number of hydrogen-bond donors (Lipinski definition) is 1. The molecule has 1 atom stereocenters. The average molecular weight is 440 g/mol. The molecule has 1 aliphatic carbocycles. The number of rotatable bonds is 4. The van der Waals surface area contributed by atoms with Gasteiger partial charge in [-0.05, 0) is 44.4 Å². The Bertz CT molecular complexity index is 1040. The molecule has 0 bridgehead atoms. The summed E-state index contributed by atoms with van der Waals surface area (Å²) in [4.78, 5) is 38.5. The maximum absolute atomic E-state index is 13.3. The molecule has 1 unspecified atom stereocenters. The second-order valence-corrected chi connectivity index (χ2v) is 9.82. The molecule has 1 amide bonds. The minimum atomic E-state index is -0.247. The van der Waals surface area contributed by atoms with Gasteiger partial charge < -0.3 is 14.4 Å². The van der Waals surface area contributed by atoms with E-state index in [2.05, 4.69) is 15.0 Å². The third-order valence-corrected chi connectivity index (χ3v) is 7.37. The molecule has 5 rings (SSSR count). The third-order valence-electron chi connectivity index (χ3n) is 7.37. The number of nitrogens with zero attached hydrogens (tertiary/aromatic N) is 4. The number of piperidine rings is 1. The lowest BCUT2D eigenvalue weighted by atomic mass is 9.99. The number of hydrogen-bond acceptors (Lipinski definition) is 6. The summed E-state index contributed by atoms with van der Waals surface area (Å²) in [6, 6.07) is 2.10. The van der Waals surface area contributed by atoms with Gasteiger partial charge in [-0.3, -0.25) is 14.5 Å². The Morgan fingerprint density at radius 1 is 1.16 bits per heavy atom. The fourth-order valence-electron chi connectivity index (χ4n) is 5.48. The normalized spacial score (nSPS) is 22.5. The fraction of sp³-hybridized carbons (Fsp3) is 0.667. The van der Waals surface area contributed by atoms with Gasteiger partial charge in [0.1, 0.15) is 5.82 Å². The van der Waals surface area contributed by atoms with Gasteiger partial charge in [0.05, 0.1) is 17.4 Å². The third kappa shape index (κ3) is 4.00. The Kier molecular flexibility index (Phi) is 5.88. The van der Waals surface area contributed by atoms with Crippen LogP contribution in [0.5, 0.6) is 0 Å². The van der Waals surface area contributed by atoms with Crippen LogP contribution in [0.25, 0.3) is 0 Å². The molecule has 8 nitrogen and oxygen atoms in total. The number of aromatic amines is 1. The minimum absolute atomic E-state index is 0.0456. The van der Waals surface area contributed by atoms with Crippen LogP contribution in [0.4, 0.5) is 0 Å². The number of fused-ring (bicyclic) bond motifs is 1. The maximum Gasteiger partial charge on any atom is 0.293 e. The van der Waals surface area contributed by atoms with E-state index in [1.807, 2.05) is 13.8 Å². The summed E-state index contributed by atoms with van der Waals surface area (Å²) in [5.74, 6) is 0.882. The van der Waals surface area contributed by atoms with Gasteiger partial charge in [0.2, 0.25) is 5.76 Å². The number of H-pyrrole nitrogens is 1. The van der Waals surface area contributed by atoms with Gasteiger partial charge in [0.25, 0.3) is 11.5 Å². The molecule has 0 aromatic carbocycles. The molecule has 172 valence electrons. The minimum Gasteiger partial charge on any atom is -0.351 e. The highest BCUT2D eigenvalue weighted by atomic mass is 16.5. The zero-order chi connectivity index (χ0) is 22.2. The molecule has 4 heterocycles. The zero-order valence-electron chi connectivity index (χ0n) is 19.1. The molecule has 0 spiro atoms. The molecule has 32 heavy (non-hydrogen) atoms. The first-order chi connectivity index (χ1) is 15.5. The van der Waals surface area contributed by atoms with Crippen LogP contribution in [0.15, 0.2) is 15.4 Å². The fourth-order valence-corrected chi connectivity index (χ4v) is 5.48. The lowest BCUT2D eigenvalue weighted by Gasteiger charge is -2.36. The van der Waals surface area contributed by atoms with Crippen LogP contribution < -0.4 is 5.56 Å². The number of amides is 1. The Morgan fingerprint density at radius 2 is 1.94 bits per heavy atom. The molecule has 1 N–H and O–H groups in total. The van der Waals surface area contributed by atoms with Gasteiger partial charge in [0, 0.05) is 37.3 Å². The van der Waals surface area contributed by atoms with E-state index in [4.69, 9.17) is 9.51 Å². The highest BCUT2D eigenvalue weighted by Gasteiger charge is 2.34. The van der Waals surface area contributed by atoms with Crippen molar-refractivity contribution in [3.63, 3.8) is 0 Å². The summed E-state index contributed by atoms with van der Waals surface area (Å²) >= 11 is 0. The van der Waals surface area contributed by atoms with E-state index in [0.29, 0.717) is 18.4 Å². The first-order valence-corrected chi connectivity index (χ1v) is 12.1. The van der Waals surface area contributed by atoms with Gasteiger partial charge in [-0.2, -0.15) is 0 Å². The second-order valence-electron chi connectivity index (χ2n) is 9.82. The van der Waals surface area contributed by atoms with Crippen molar-refractivity contribution >= 4 is 5.91 Å². The number of likely N-dealkylation sites (tertiary alicyclic amines) is 1. The van der Waals surface area contributed by atoms with Crippen molar-refractivity contribution in [2.24, 2.45) is 0 Å².